The van der Waals surface area contributed by atoms with Gasteiger partial charge >= 0.3 is 5.97 Å². The van der Waals surface area contributed by atoms with Gasteiger partial charge in [-0.1, -0.05) is 30.3 Å². The van der Waals surface area contributed by atoms with Crippen LogP contribution in [-0.2, 0) is 14.8 Å². The highest BCUT2D eigenvalue weighted by molar-refractivity contribution is 7.89. The summed E-state index contributed by atoms with van der Waals surface area (Å²) in [6, 6.07) is 13.0. The molecule has 0 heterocycles. The topological polar surface area (TPSA) is 72.5 Å². The molecule has 0 unspecified atom stereocenters. The zero-order chi connectivity index (χ0) is 17.0. The predicted octanol–water partition coefficient (Wildman–Crippen LogP) is 2.82. The Morgan fingerprint density at radius 1 is 1.13 bits per heavy atom. The molecule has 0 bridgehead atoms. The Kier molecular flexibility index (Phi) is 5.18. The molecule has 0 amide bonds. The van der Waals surface area contributed by atoms with Gasteiger partial charge in [0.1, 0.15) is 0 Å². The van der Waals surface area contributed by atoms with Crippen molar-refractivity contribution in [1.82, 2.24) is 4.72 Å². The largest absolute Gasteiger partial charge is 0.465 e. The fourth-order valence-corrected chi connectivity index (χ4v) is 3.61. The van der Waals surface area contributed by atoms with Crippen LogP contribution in [0.3, 0.4) is 0 Å². The Morgan fingerprint density at radius 2 is 1.83 bits per heavy atom. The van der Waals surface area contributed by atoms with Crippen LogP contribution in [0.15, 0.2) is 53.4 Å². The summed E-state index contributed by atoms with van der Waals surface area (Å²) in [5.41, 5.74) is 2.10. The summed E-state index contributed by atoms with van der Waals surface area (Å²) in [5, 5.41) is 0. The maximum Gasteiger partial charge on any atom is 0.337 e. The average molecular weight is 333 g/mol. The third-order valence-corrected chi connectivity index (χ3v) is 5.09. The third kappa shape index (κ3) is 3.97. The third-order valence-electron chi connectivity index (χ3n) is 3.55. The molecular formula is C17H19NO4S. The molecule has 1 atom stereocenters. The van der Waals surface area contributed by atoms with E-state index in [0.717, 1.165) is 11.1 Å². The second-order valence-electron chi connectivity index (χ2n) is 5.22. The number of esters is 1. The lowest BCUT2D eigenvalue weighted by Gasteiger charge is -2.17. The molecule has 0 aromatic heterocycles. The fraction of sp³-hybridized carbons (Fsp3) is 0.235. The molecule has 0 spiro atoms. The fourth-order valence-electron chi connectivity index (χ4n) is 2.34. The Morgan fingerprint density at radius 3 is 2.48 bits per heavy atom. The minimum absolute atomic E-state index is 0.0286. The predicted molar refractivity (Wildman–Crippen MR) is 87.7 cm³/mol. The number of methoxy groups -OCH3 is 1. The van der Waals surface area contributed by atoms with Gasteiger partial charge in [-0.25, -0.2) is 17.9 Å². The van der Waals surface area contributed by atoms with Crippen LogP contribution in [0.4, 0.5) is 0 Å². The average Bonchev–Trinajstić information content (AvgIpc) is 2.54. The van der Waals surface area contributed by atoms with Gasteiger partial charge in [-0.15, -0.1) is 0 Å². The van der Waals surface area contributed by atoms with E-state index < -0.39 is 16.0 Å². The molecule has 6 heteroatoms. The molecule has 5 nitrogen and oxygen atoms in total. The normalized spacial score (nSPS) is 12.7. The highest BCUT2D eigenvalue weighted by Gasteiger charge is 2.20. The highest BCUT2D eigenvalue weighted by Crippen LogP contribution is 2.20. The van der Waals surface area contributed by atoms with Crippen molar-refractivity contribution >= 4 is 16.0 Å². The first-order chi connectivity index (χ1) is 10.8. The van der Waals surface area contributed by atoms with Gasteiger partial charge in [0, 0.05) is 6.04 Å². The van der Waals surface area contributed by atoms with E-state index in [-0.39, 0.29) is 16.5 Å². The van der Waals surface area contributed by atoms with Crippen molar-refractivity contribution in [3.63, 3.8) is 0 Å². The molecule has 2 aromatic rings. The molecule has 0 aliphatic rings. The maximum atomic E-state index is 12.5. The van der Waals surface area contributed by atoms with Crippen LogP contribution in [0, 0.1) is 6.92 Å². The molecule has 0 saturated heterocycles. The Hall–Kier alpha value is -2.18. The van der Waals surface area contributed by atoms with Crippen molar-refractivity contribution in [3.05, 3.63) is 65.2 Å². The standard InChI is InChI=1S/C17H19NO4S/c1-12-7-4-5-10-16(12)13(2)18-23(20,21)15-9-6-8-14(11-15)17(19)22-3/h4-11,13,18H,1-3H3/t13-/m1/s1. The number of aryl methyl sites for hydroxylation is 1. The smallest absolute Gasteiger partial charge is 0.337 e. The summed E-state index contributed by atoms with van der Waals surface area (Å²) in [6.07, 6.45) is 0. The monoisotopic (exact) mass is 333 g/mol. The molecular weight excluding hydrogens is 314 g/mol. The molecule has 23 heavy (non-hydrogen) atoms. The number of rotatable bonds is 5. The molecule has 0 fully saturated rings. The SMILES string of the molecule is COC(=O)c1cccc(S(=O)(=O)N[C@H](C)c2ccccc2C)c1. The number of carbonyl (C=O) groups is 1. The quantitative estimate of drug-likeness (QED) is 0.854. The molecule has 0 saturated carbocycles. The van der Waals surface area contributed by atoms with Crippen molar-refractivity contribution in [2.24, 2.45) is 0 Å². The lowest BCUT2D eigenvalue weighted by atomic mass is 10.0. The van der Waals surface area contributed by atoms with E-state index in [1.54, 1.807) is 6.92 Å². The molecule has 1 N–H and O–H groups in total. The van der Waals surface area contributed by atoms with Crippen LogP contribution in [0.2, 0.25) is 0 Å². The van der Waals surface area contributed by atoms with Crippen LogP contribution in [0.1, 0.15) is 34.5 Å². The lowest BCUT2D eigenvalue weighted by Crippen LogP contribution is -2.27. The summed E-state index contributed by atoms with van der Waals surface area (Å²) >= 11 is 0. The van der Waals surface area contributed by atoms with E-state index in [4.69, 9.17) is 0 Å². The minimum Gasteiger partial charge on any atom is -0.465 e. The first-order valence-electron chi connectivity index (χ1n) is 7.11. The number of benzene rings is 2. The van der Waals surface area contributed by atoms with Crippen LogP contribution in [-0.4, -0.2) is 21.5 Å². The Balaban J connectivity index is 2.29. The van der Waals surface area contributed by atoms with Gasteiger partial charge in [-0.05, 0) is 43.2 Å². The van der Waals surface area contributed by atoms with Crippen molar-refractivity contribution in [1.29, 1.82) is 0 Å². The second kappa shape index (κ2) is 6.93. The zero-order valence-corrected chi connectivity index (χ0v) is 14.1. The number of carbonyl (C=O) groups excluding carboxylic acids is 1. The molecule has 0 aliphatic carbocycles. The second-order valence-corrected chi connectivity index (χ2v) is 6.93. The van der Waals surface area contributed by atoms with Crippen LogP contribution < -0.4 is 4.72 Å². The molecule has 2 rings (SSSR count). The summed E-state index contributed by atoms with van der Waals surface area (Å²) in [4.78, 5) is 11.6. The number of sulfonamides is 1. The first-order valence-corrected chi connectivity index (χ1v) is 8.59. The van der Waals surface area contributed by atoms with Gasteiger partial charge in [-0.3, -0.25) is 0 Å². The van der Waals surface area contributed by atoms with Gasteiger partial charge < -0.3 is 4.74 Å². The highest BCUT2D eigenvalue weighted by atomic mass is 32.2. The number of nitrogens with one attached hydrogen (secondary N) is 1. The van der Waals surface area contributed by atoms with Crippen LogP contribution >= 0.6 is 0 Å². The van der Waals surface area contributed by atoms with E-state index >= 15 is 0 Å². The van der Waals surface area contributed by atoms with E-state index in [1.165, 1.54) is 31.4 Å². The molecule has 0 aliphatic heterocycles. The van der Waals surface area contributed by atoms with Crippen molar-refractivity contribution < 1.29 is 17.9 Å². The number of hydrogen-bond donors (Lipinski definition) is 1. The lowest BCUT2D eigenvalue weighted by molar-refractivity contribution is 0.0600. The van der Waals surface area contributed by atoms with Gasteiger partial charge in [-0.2, -0.15) is 0 Å². The van der Waals surface area contributed by atoms with Gasteiger partial charge in [0.15, 0.2) is 0 Å². The van der Waals surface area contributed by atoms with Crippen molar-refractivity contribution in [2.45, 2.75) is 24.8 Å². The van der Waals surface area contributed by atoms with Crippen molar-refractivity contribution in [3.8, 4) is 0 Å². The van der Waals surface area contributed by atoms with E-state index in [1.807, 2.05) is 31.2 Å². The van der Waals surface area contributed by atoms with Gasteiger partial charge in [0.05, 0.1) is 17.6 Å². The summed E-state index contributed by atoms with van der Waals surface area (Å²) < 4.78 is 32.3. The summed E-state index contributed by atoms with van der Waals surface area (Å²) in [7, 11) is -2.49. The maximum absolute atomic E-state index is 12.5. The van der Waals surface area contributed by atoms with E-state index in [9.17, 15) is 13.2 Å². The van der Waals surface area contributed by atoms with E-state index in [0.29, 0.717) is 0 Å². The molecule has 2 aromatic carbocycles. The summed E-state index contributed by atoms with van der Waals surface area (Å²) in [5.74, 6) is -0.575. The molecule has 122 valence electrons. The van der Waals surface area contributed by atoms with Gasteiger partial charge in [0.25, 0.3) is 0 Å². The Labute approximate surface area is 136 Å². The molecule has 0 radical (unpaired) electrons. The number of hydrogen-bond acceptors (Lipinski definition) is 4. The van der Waals surface area contributed by atoms with Crippen molar-refractivity contribution in [2.75, 3.05) is 7.11 Å². The first kappa shape index (κ1) is 17.2. The summed E-state index contributed by atoms with van der Waals surface area (Å²) in [6.45, 7) is 3.71. The minimum atomic E-state index is -3.75. The van der Waals surface area contributed by atoms with Gasteiger partial charge in [0.2, 0.25) is 10.0 Å². The van der Waals surface area contributed by atoms with E-state index in [2.05, 4.69) is 9.46 Å². The Bertz CT molecular complexity index is 815. The number of ether oxygens (including phenoxy) is 1. The van der Waals surface area contributed by atoms with Crippen LogP contribution in [0.25, 0.3) is 0 Å². The zero-order valence-electron chi connectivity index (χ0n) is 13.2. The van der Waals surface area contributed by atoms with Crippen LogP contribution in [0.5, 0.6) is 0 Å².